The highest BCUT2D eigenvalue weighted by atomic mass is 16.4. The number of ketones is 3. The molecule has 0 saturated heterocycles. The summed E-state index contributed by atoms with van der Waals surface area (Å²) in [4.78, 5) is 40.2. The van der Waals surface area contributed by atoms with Crippen molar-refractivity contribution in [2.75, 3.05) is 0 Å². The number of Topliss-reactive ketones (excluding diaryl/α,β-unsaturated/α-hetero) is 3. The zero-order valence-corrected chi connectivity index (χ0v) is 41.4. The largest absolute Gasteiger partial charge is 0.386 e. The maximum absolute atomic E-state index is 13.6. The first kappa shape index (κ1) is 60.6. The maximum Gasteiger partial charge on any atom is 0.210 e. The van der Waals surface area contributed by atoms with Crippen LogP contribution in [0.15, 0.2) is 60.8 Å². The number of rotatable bonds is 48. The molecule has 63 heavy (non-hydrogen) atoms. The Hall–Kier alpha value is -2.41. The van der Waals surface area contributed by atoms with Gasteiger partial charge in [-0.15, -0.1) is 0 Å². The van der Waals surface area contributed by atoms with Gasteiger partial charge in [-0.2, -0.15) is 0 Å². The van der Waals surface area contributed by atoms with E-state index >= 15 is 0 Å². The average Bonchev–Trinajstić information content (AvgIpc) is 3.29. The van der Waals surface area contributed by atoms with E-state index in [-0.39, 0.29) is 19.3 Å². The van der Waals surface area contributed by atoms with E-state index in [9.17, 15) is 29.7 Å². The number of carbonyl (C=O) groups excluding carboxylic acids is 3. The number of hydrogen-bond acceptors (Lipinski definition) is 6. The highest BCUT2D eigenvalue weighted by Gasteiger charge is 2.52. The quantitative estimate of drug-likeness (QED) is 0.0319. The van der Waals surface area contributed by atoms with E-state index in [0.717, 1.165) is 128 Å². The molecule has 0 aliphatic heterocycles. The Kier molecular flexibility index (Phi) is 44.4. The summed E-state index contributed by atoms with van der Waals surface area (Å²) in [6, 6.07) is 0. The van der Waals surface area contributed by atoms with Crippen LogP contribution in [0.2, 0.25) is 0 Å². The molecule has 0 bridgehead atoms. The highest BCUT2D eigenvalue weighted by Crippen LogP contribution is 2.25. The monoisotopic (exact) mass is 881 g/mol. The molecule has 0 aliphatic carbocycles. The van der Waals surface area contributed by atoms with Crippen molar-refractivity contribution >= 4 is 17.3 Å². The van der Waals surface area contributed by atoms with Gasteiger partial charge in [0.1, 0.15) is 12.2 Å². The van der Waals surface area contributed by atoms with Crippen LogP contribution < -0.4 is 0 Å². The third-order valence-electron chi connectivity index (χ3n) is 12.3. The molecule has 0 aromatic carbocycles. The summed E-state index contributed by atoms with van der Waals surface area (Å²) in [5, 5.41) is 33.9. The molecular weight excluding hydrogens is 781 g/mol. The summed E-state index contributed by atoms with van der Waals surface area (Å²) in [5.74, 6) is -2.21. The minimum Gasteiger partial charge on any atom is -0.386 e. The van der Waals surface area contributed by atoms with Gasteiger partial charge in [0.15, 0.2) is 17.3 Å². The molecule has 0 aromatic heterocycles. The Balaban J connectivity index is 4.88. The van der Waals surface area contributed by atoms with Crippen LogP contribution in [-0.4, -0.2) is 50.5 Å². The van der Waals surface area contributed by atoms with Crippen LogP contribution in [0.5, 0.6) is 0 Å². The molecule has 0 spiro atoms. The van der Waals surface area contributed by atoms with Gasteiger partial charge in [0.25, 0.3) is 0 Å². The second kappa shape index (κ2) is 46.1. The summed E-state index contributed by atoms with van der Waals surface area (Å²) in [6.07, 6.45) is 55.1. The van der Waals surface area contributed by atoms with E-state index < -0.39 is 35.2 Å². The van der Waals surface area contributed by atoms with Crippen LogP contribution in [0.1, 0.15) is 265 Å². The van der Waals surface area contributed by atoms with Crippen LogP contribution >= 0.6 is 0 Å². The van der Waals surface area contributed by atoms with Gasteiger partial charge in [0.05, 0.1) is 0 Å². The van der Waals surface area contributed by atoms with Gasteiger partial charge in [-0.1, -0.05) is 197 Å². The van der Waals surface area contributed by atoms with Gasteiger partial charge in [-0.25, -0.2) is 0 Å². The lowest BCUT2D eigenvalue weighted by Crippen LogP contribution is -2.61. The van der Waals surface area contributed by atoms with Crippen molar-refractivity contribution < 1.29 is 29.7 Å². The van der Waals surface area contributed by atoms with Gasteiger partial charge in [-0.05, 0) is 109 Å². The Labute approximate surface area is 389 Å². The molecule has 0 fully saturated rings. The SMILES string of the molecule is CCCCC/C=C\C/C=C\CCCCCCCC(=O)C(O)(C(=O)CCCCCCC/C=C\C/C=C\CCCCC)C(O)C(O)C(=O)CCCCCCC/C=C\CCCCCCCC. The molecule has 0 amide bonds. The summed E-state index contributed by atoms with van der Waals surface area (Å²) >= 11 is 0. The van der Waals surface area contributed by atoms with E-state index in [4.69, 9.17) is 0 Å². The predicted octanol–water partition coefficient (Wildman–Crippen LogP) is 15.8. The van der Waals surface area contributed by atoms with Crippen molar-refractivity contribution in [1.29, 1.82) is 0 Å². The van der Waals surface area contributed by atoms with Gasteiger partial charge in [0.2, 0.25) is 5.60 Å². The molecule has 364 valence electrons. The summed E-state index contributed by atoms with van der Waals surface area (Å²) in [7, 11) is 0. The molecular formula is C57H100O6. The Morgan fingerprint density at radius 3 is 0.968 bits per heavy atom. The lowest BCUT2D eigenvalue weighted by atomic mass is 9.79. The second-order valence-corrected chi connectivity index (χ2v) is 18.3. The molecule has 0 saturated carbocycles. The number of hydrogen-bond donors (Lipinski definition) is 3. The molecule has 0 aromatic rings. The first-order valence-electron chi connectivity index (χ1n) is 26.7. The van der Waals surface area contributed by atoms with Gasteiger partial charge in [0, 0.05) is 19.3 Å². The molecule has 2 atom stereocenters. The zero-order valence-electron chi connectivity index (χ0n) is 41.4. The summed E-state index contributed by atoms with van der Waals surface area (Å²) < 4.78 is 0. The molecule has 0 radical (unpaired) electrons. The maximum atomic E-state index is 13.6. The Morgan fingerprint density at radius 2 is 0.619 bits per heavy atom. The Bertz CT molecular complexity index is 1150. The Morgan fingerprint density at radius 1 is 0.365 bits per heavy atom. The smallest absolute Gasteiger partial charge is 0.210 e. The van der Waals surface area contributed by atoms with Crippen molar-refractivity contribution in [2.45, 2.75) is 283 Å². The van der Waals surface area contributed by atoms with Gasteiger partial charge < -0.3 is 15.3 Å². The predicted molar refractivity (Wildman–Crippen MR) is 270 cm³/mol. The van der Waals surface area contributed by atoms with Crippen molar-refractivity contribution in [2.24, 2.45) is 0 Å². The summed E-state index contributed by atoms with van der Waals surface area (Å²) in [5.41, 5.74) is -2.79. The molecule has 2 unspecified atom stereocenters. The standard InChI is InChI=1S/C57H100O6/c1-4-7-10-13-16-19-22-25-28-31-34-37-40-43-46-49-52(58)55(61)56(62)57(63,53(59)50-47-44-41-38-35-32-29-26-23-20-17-14-11-8-5-2)54(60)51-48-45-42-39-36-33-30-27-24-21-18-15-12-9-6-3/h17-18,20-21,25-30,55-56,61-63H,4-16,19,22-24,31-51H2,1-3H3/b20-17-,21-18-,28-25-,29-26-,30-27-. The van der Waals surface area contributed by atoms with Crippen molar-refractivity contribution in [3.63, 3.8) is 0 Å². The van der Waals surface area contributed by atoms with Crippen LogP contribution in [0, 0.1) is 0 Å². The second-order valence-electron chi connectivity index (χ2n) is 18.3. The minimum absolute atomic E-state index is 0.0325. The molecule has 0 aliphatic rings. The van der Waals surface area contributed by atoms with Gasteiger partial charge >= 0.3 is 0 Å². The summed E-state index contributed by atoms with van der Waals surface area (Å²) in [6.45, 7) is 6.69. The molecule has 6 heteroatoms. The fourth-order valence-corrected chi connectivity index (χ4v) is 7.98. The van der Waals surface area contributed by atoms with E-state index in [1.807, 2.05) is 0 Å². The van der Waals surface area contributed by atoms with Gasteiger partial charge in [-0.3, -0.25) is 14.4 Å². The van der Waals surface area contributed by atoms with E-state index in [1.54, 1.807) is 0 Å². The van der Waals surface area contributed by atoms with Crippen molar-refractivity contribution in [3.8, 4) is 0 Å². The number of aliphatic hydroxyl groups excluding tert-OH is 2. The number of unbranched alkanes of at least 4 members (excludes halogenated alkanes) is 27. The third kappa shape index (κ3) is 35.5. The normalized spacial score (nSPS) is 13.5. The minimum atomic E-state index is -2.79. The van der Waals surface area contributed by atoms with Crippen LogP contribution in [0.25, 0.3) is 0 Å². The van der Waals surface area contributed by atoms with E-state index in [0.29, 0.717) is 19.3 Å². The number of allylic oxidation sites excluding steroid dienone is 10. The molecule has 0 rings (SSSR count). The lowest BCUT2D eigenvalue weighted by Gasteiger charge is -2.32. The average molecular weight is 881 g/mol. The zero-order chi connectivity index (χ0) is 46.3. The fraction of sp³-hybridized carbons (Fsp3) is 0.772. The molecule has 3 N–H and O–H groups in total. The van der Waals surface area contributed by atoms with Crippen LogP contribution in [-0.2, 0) is 14.4 Å². The topological polar surface area (TPSA) is 112 Å². The lowest BCUT2D eigenvalue weighted by molar-refractivity contribution is -0.174. The highest BCUT2D eigenvalue weighted by molar-refractivity contribution is 6.11. The third-order valence-corrected chi connectivity index (χ3v) is 12.3. The molecule has 6 nitrogen and oxygen atoms in total. The van der Waals surface area contributed by atoms with E-state index in [1.165, 1.54) is 77.0 Å². The van der Waals surface area contributed by atoms with Crippen molar-refractivity contribution in [3.05, 3.63) is 60.8 Å². The van der Waals surface area contributed by atoms with Crippen molar-refractivity contribution in [1.82, 2.24) is 0 Å². The number of aliphatic hydroxyl groups is 3. The first-order chi connectivity index (χ1) is 30.8. The van der Waals surface area contributed by atoms with E-state index in [2.05, 4.69) is 81.5 Å². The number of carbonyl (C=O) groups is 3. The molecule has 0 heterocycles. The first-order valence-corrected chi connectivity index (χ1v) is 26.7. The van der Waals surface area contributed by atoms with Crippen LogP contribution in [0.3, 0.4) is 0 Å². The van der Waals surface area contributed by atoms with Crippen LogP contribution in [0.4, 0.5) is 0 Å². The fourth-order valence-electron chi connectivity index (χ4n) is 7.98.